The van der Waals surface area contributed by atoms with Crippen LogP contribution in [0.15, 0.2) is 6.20 Å². The van der Waals surface area contributed by atoms with Crippen LogP contribution < -0.4 is 0 Å². The van der Waals surface area contributed by atoms with Crippen molar-refractivity contribution < 1.29 is 9.47 Å². The van der Waals surface area contributed by atoms with Gasteiger partial charge in [-0.1, -0.05) is 46.8 Å². The number of rotatable bonds is 7. The second kappa shape index (κ2) is 7.18. The molecule has 0 aliphatic heterocycles. The van der Waals surface area contributed by atoms with Gasteiger partial charge < -0.3 is 9.47 Å². The summed E-state index contributed by atoms with van der Waals surface area (Å²) in [4.78, 5) is 0. The van der Waals surface area contributed by atoms with Gasteiger partial charge in [-0.3, -0.25) is 0 Å². The van der Waals surface area contributed by atoms with E-state index in [9.17, 15) is 0 Å². The zero-order chi connectivity index (χ0) is 15.2. The molecule has 1 rings (SSSR count). The van der Waals surface area contributed by atoms with Crippen molar-refractivity contribution >= 4 is 0 Å². The minimum atomic E-state index is 0.0416. The Bertz CT molecular complexity index is 389. The molecule has 5 heteroatoms. The van der Waals surface area contributed by atoms with Gasteiger partial charge in [-0.2, -0.15) is 0 Å². The monoisotopic (exact) mass is 283 g/mol. The summed E-state index contributed by atoms with van der Waals surface area (Å²) in [5.74, 6) is 0. The summed E-state index contributed by atoms with van der Waals surface area (Å²) in [6, 6.07) is 0. The van der Waals surface area contributed by atoms with Crippen LogP contribution in [0, 0.1) is 5.41 Å². The van der Waals surface area contributed by atoms with E-state index in [1.807, 2.05) is 10.9 Å². The molecule has 0 aliphatic rings. The van der Waals surface area contributed by atoms with Crippen molar-refractivity contribution in [2.75, 3.05) is 26.4 Å². The van der Waals surface area contributed by atoms with E-state index in [4.69, 9.17) is 9.47 Å². The highest BCUT2D eigenvalue weighted by atomic mass is 16.5. The largest absolute Gasteiger partial charge is 0.379 e. The summed E-state index contributed by atoms with van der Waals surface area (Å²) < 4.78 is 12.9. The maximum atomic E-state index is 5.54. The van der Waals surface area contributed by atoms with Gasteiger partial charge in [0, 0.05) is 11.6 Å². The lowest BCUT2D eigenvalue weighted by Crippen LogP contribution is -2.17. The number of nitrogens with zero attached hydrogens (tertiary/aromatic N) is 3. The summed E-state index contributed by atoms with van der Waals surface area (Å²) in [7, 11) is 0. The molecule has 116 valence electrons. The van der Waals surface area contributed by atoms with Crippen LogP contribution in [0.5, 0.6) is 0 Å². The van der Waals surface area contributed by atoms with E-state index >= 15 is 0 Å². The van der Waals surface area contributed by atoms with E-state index in [2.05, 4.69) is 51.9 Å². The fraction of sp³-hybridized carbons (Fsp3) is 0.867. The summed E-state index contributed by atoms with van der Waals surface area (Å²) in [5.41, 5.74) is 1.26. The van der Waals surface area contributed by atoms with E-state index in [0.717, 1.165) is 18.8 Å². The van der Waals surface area contributed by atoms with Crippen LogP contribution >= 0.6 is 0 Å². The normalized spacial score (nSPS) is 12.9. The molecule has 0 aromatic carbocycles. The van der Waals surface area contributed by atoms with Crippen molar-refractivity contribution in [1.82, 2.24) is 15.0 Å². The van der Waals surface area contributed by atoms with Gasteiger partial charge in [0.05, 0.1) is 38.7 Å². The van der Waals surface area contributed by atoms with Crippen molar-refractivity contribution in [2.45, 2.75) is 53.5 Å². The smallest absolute Gasteiger partial charge is 0.0880 e. The van der Waals surface area contributed by atoms with Gasteiger partial charge in [-0.05, 0) is 5.41 Å². The molecule has 0 N–H and O–H groups in total. The van der Waals surface area contributed by atoms with Crippen molar-refractivity contribution in [3.63, 3.8) is 0 Å². The quantitative estimate of drug-likeness (QED) is 0.722. The fourth-order valence-electron chi connectivity index (χ4n) is 1.51. The van der Waals surface area contributed by atoms with Gasteiger partial charge in [0.15, 0.2) is 0 Å². The lowest BCUT2D eigenvalue weighted by molar-refractivity contribution is 0.0171. The first-order valence-corrected chi connectivity index (χ1v) is 7.24. The minimum absolute atomic E-state index is 0.0416. The molecule has 1 aromatic rings. The van der Waals surface area contributed by atoms with Crippen molar-refractivity contribution in [1.29, 1.82) is 0 Å². The van der Waals surface area contributed by atoms with E-state index in [1.54, 1.807) is 0 Å². The van der Waals surface area contributed by atoms with Crippen molar-refractivity contribution in [3.05, 3.63) is 11.9 Å². The van der Waals surface area contributed by atoms with Gasteiger partial charge in [-0.15, -0.1) is 5.10 Å². The molecule has 0 atom stereocenters. The van der Waals surface area contributed by atoms with E-state index in [1.165, 1.54) is 0 Å². The Morgan fingerprint density at radius 3 is 2.20 bits per heavy atom. The molecule has 5 nitrogen and oxygen atoms in total. The first-order chi connectivity index (χ1) is 9.18. The van der Waals surface area contributed by atoms with Gasteiger partial charge in [-0.25, -0.2) is 4.68 Å². The van der Waals surface area contributed by atoms with Crippen LogP contribution in [-0.4, -0.2) is 41.4 Å². The standard InChI is InChI=1S/C15H29N3O2/c1-14(2,3)12-20-10-9-19-8-7-18-11-13(16-17-18)15(4,5)6/h11H,7-10,12H2,1-6H3. The average Bonchev–Trinajstić information content (AvgIpc) is 2.74. The lowest BCUT2D eigenvalue weighted by atomic mass is 9.93. The molecular weight excluding hydrogens is 254 g/mol. The SMILES string of the molecule is CC(C)(C)COCCOCCn1cc(C(C)(C)C)nn1. The molecule has 1 heterocycles. The second-order valence-corrected chi connectivity index (χ2v) is 7.34. The van der Waals surface area contributed by atoms with Gasteiger partial charge in [0.1, 0.15) is 0 Å². The van der Waals surface area contributed by atoms with Crippen LogP contribution in [0.3, 0.4) is 0 Å². The molecule has 0 bridgehead atoms. The fourth-order valence-corrected chi connectivity index (χ4v) is 1.51. The van der Waals surface area contributed by atoms with E-state index < -0.39 is 0 Å². The molecule has 0 saturated carbocycles. The molecule has 1 aromatic heterocycles. The van der Waals surface area contributed by atoms with Crippen LogP contribution in [0.2, 0.25) is 0 Å². The Hall–Kier alpha value is -0.940. The summed E-state index contributed by atoms with van der Waals surface area (Å²) in [5, 5.41) is 8.28. The first-order valence-electron chi connectivity index (χ1n) is 7.24. The molecule has 0 unspecified atom stereocenters. The Kier molecular flexibility index (Phi) is 6.14. The maximum absolute atomic E-state index is 5.54. The van der Waals surface area contributed by atoms with Gasteiger partial charge in [0.2, 0.25) is 0 Å². The molecular formula is C15H29N3O2. The van der Waals surface area contributed by atoms with Crippen molar-refractivity contribution in [3.8, 4) is 0 Å². The predicted molar refractivity (Wildman–Crippen MR) is 79.8 cm³/mol. The molecule has 0 radical (unpaired) electrons. The third-order valence-electron chi connectivity index (χ3n) is 2.68. The highest BCUT2D eigenvalue weighted by Gasteiger charge is 2.17. The molecule has 0 spiro atoms. The lowest BCUT2D eigenvalue weighted by Gasteiger charge is -2.17. The van der Waals surface area contributed by atoms with E-state index in [0.29, 0.717) is 19.8 Å². The number of hydrogen-bond donors (Lipinski definition) is 0. The third kappa shape index (κ3) is 7.01. The molecule has 0 aliphatic carbocycles. The Morgan fingerprint density at radius 1 is 1.00 bits per heavy atom. The maximum Gasteiger partial charge on any atom is 0.0880 e. The Balaban J connectivity index is 2.11. The van der Waals surface area contributed by atoms with Crippen LogP contribution in [0.25, 0.3) is 0 Å². The highest BCUT2D eigenvalue weighted by Crippen LogP contribution is 2.18. The number of hydrogen-bond acceptors (Lipinski definition) is 4. The molecule has 0 saturated heterocycles. The van der Waals surface area contributed by atoms with Crippen LogP contribution in [0.4, 0.5) is 0 Å². The first kappa shape index (κ1) is 17.1. The Labute approximate surface area is 122 Å². The zero-order valence-corrected chi connectivity index (χ0v) is 13.8. The molecule has 0 amide bonds. The topological polar surface area (TPSA) is 49.2 Å². The zero-order valence-electron chi connectivity index (χ0n) is 13.8. The summed E-state index contributed by atoms with van der Waals surface area (Å²) in [6.45, 7) is 16.2. The number of ether oxygens (including phenoxy) is 2. The predicted octanol–water partition coefficient (Wildman–Crippen LogP) is 2.65. The summed E-state index contributed by atoms with van der Waals surface area (Å²) >= 11 is 0. The number of aromatic nitrogens is 3. The molecule has 0 fully saturated rings. The van der Waals surface area contributed by atoms with Crippen LogP contribution in [0.1, 0.15) is 47.2 Å². The van der Waals surface area contributed by atoms with Gasteiger partial charge >= 0.3 is 0 Å². The average molecular weight is 283 g/mol. The molecule has 20 heavy (non-hydrogen) atoms. The Morgan fingerprint density at radius 2 is 1.65 bits per heavy atom. The van der Waals surface area contributed by atoms with Crippen molar-refractivity contribution in [2.24, 2.45) is 5.41 Å². The minimum Gasteiger partial charge on any atom is -0.379 e. The van der Waals surface area contributed by atoms with Crippen LogP contribution in [-0.2, 0) is 21.4 Å². The second-order valence-electron chi connectivity index (χ2n) is 7.34. The van der Waals surface area contributed by atoms with E-state index in [-0.39, 0.29) is 10.8 Å². The third-order valence-corrected chi connectivity index (χ3v) is 2.68. The highest BCUT2D eigenvalue weighted by molar-refractivity contribution is 5.06. The summed E-state index contributed by atoms with van der Waals surface area (Å²) in [6.07, 6.45) is 1.99. The van der Waals surface area contributed by atoms with Gasteiger partial charge in [0.25, 0.3) is 0 Å².